The van der Waals surface area contributed by atoms with E-state index >= 15 is 0 Å². The van der Waals surface area contributed by atoms with Gasteiger partial charge in [-0.25, -0.2) is 26.5 Å². The van der Waals surface area contributed by atoms with Crippen LogP contribution in [0.25, 0.3) is 11.0 Å². The molecule has 1 aromatic heterocycles. The summed E-state index contributed by atoms with van der Waals surface area (Å²) in [5.41, 5.74) is -0.214. The lowest BCUT2D eigenvalue weighted by Gasteiger charge is -2.03. The molecule has 2 N–H and O–H groups in total. The van der Waals surface area contributed by atoms with E-state index in [1.165, 1.54) is 25.1 Å². The number of nitro groups is 1. The highest BCUT2D eigenvalue weighted by Gasteiger charge is 2.23. The van der Waals surface area contributed by atoms with Crippen LogP contribution in [0.5, 0.6) is 0 Å². The molecule has 0 radical (unpaired) electrons. The first-order chi connectivity index (χ1) is 10.7. The van der Waals surface area contributed by atoms with Crippen LogP contribution in [0.15, 0.2) is 23.4 Å². The Bertz CT molecular complexity index is 948. The number of imidazole rings is 1. The molecule has 1 heterocycles. The lowest BCUT2D eigenvalue weighted by atomic mass is 10.3. The molecule has 2 aromatic rings. The molecular formula is C11H14N4O6S2. The molecule has 1 aromatic carbocycles. The fraction of sp³-hybridized carbons (Fsp3) is 0.364. The van der Waals surface area contributed by atoms with Crippen LogP contribution in [0.2, 0.25) is 0 Å². The summed E-state index contributed by atoms with van der Waals surface area (Å²) in [7, 11) is -7.41. The number of nitrogens with one attached hydrogen (secondary N) is 2. The quantitative estimate of drug-likeness (QED) is 0.526. The minimum Gasteiger partial charge on any atom is -0.327 e. The second kappa shape index (κ2) is 6.22. The van der Waals surface area contributed by atoms with Gasteiger partial charge in [0.2, 0.25) is 5.16 Å². The molecular weight excluding hydrogens is 348 g/mol. The molecule has 10 nitrogen and oxygen atoms in total. The lowest BCUT2D eigenvalue weighted by Crippen LogP contribution is -2.30. The number of rotatable bonds is 7. The summed E-state index contributed by atoms with van der Waals surface area (Å²) in [5, 5.41) is 10.4. The Morgan fingerprint density at radius 2 is 2.00 bits per heavy atom. The van der Waals surface area contributed by atoms with Gasteiger partial charge in [-0.2, -0.15) is 0 Å². The van der Waals surface area contributed by atoms with E-state index in [1.54, 1.807) is 0 Å². The Labute approximate surface area is 132 Å². The summed E-state index contributed by atoms with van der Waals surface area (Å²) in [6.07, 6.45) is 0. The number of para-hydroxylation sites is 1. The highest BCUT2D eigenvalue weighted by atomic mass is 32.2. The van der Waals surface area contributed by atoms with Crippen LogP contribution in [-0.4, -0.2) is 49.8 Å². The highest BCUT2D eigenvalue weighted by Crippen LogP contribution is 2.24. The monoisotopic (exact) mass is 362 g/mol. The van der Waals surface area contributed by atoms with Gasteiger partial charge in [0.15, 0.2) is 15.4 Å². The molecule has 0 spiro atoms. The number of sulfone groups is 1. The van der Waals surface area contributed by atoms with Crippen molar-refractivity contribution in [1.82, 2.24) is 14.7 Å². The first-order valence-electron chi connectivity index (χ1n) is 6.49. The fourth-order valence-electron chi connectivity index (χ4n) is 1.81. The summed E-state index contributed by atoms with van der Waals surface area (Å²) < 4.78 is 49.0. The largest absolute Gasteiger partial charge is 0.327 e. The fourth-order valence-corrected chi connectivity index (χ4v) is 3.61. The number of fused-ring (bicyclic) bond motifs is 1. The standard InChI is InChI=1S/C11H14N4O6S2/c1-2-22(18,19)7-6-12-23(20,21)11-13-8-4-3-5-9(15(16)17)10(8)14-11/h3-5,12H,2,6-7H2,1H3,(H,13,14). The highest BCUT2D eigenvalue weighted by molar-refractivity contribution is 7.91. The zero-order chi connectivity index (χ0) is 17.3. The van der Waals surface area contributed by atoms with E-state index in [9.17, 15) is 26.9 Å². The number of hydrogen-bond donors (Lipinski definition) is 2. The molecule has 0 saturated carbocycles. The smallest absolute Gasteiger partial charge is 0.297 e. The average molecular weight is 362 g/mol. The predicted octanol–water partition coefficient (Wildman–Crippen LogP) is 0.184. The molecule has 0 unspecified atom stereocenters. The van der Waals surface area contributed by atoms with Crippen molar-refractivity contribution < 1.29 is 21.8 Å². The number of aromatic nitrogens is 2. The van der Waals surface area contributed by atoms with Crippen molar-refractivity contribution >= 4 is 36.6 Å². The number of H-pyrrole nitrogens is 1. The van der Waals surface area contributed by atoms with E-state index in [4.69, 9.17) is 0 Å². The molecule has 0 atom stereocenters. The van der Waals surface area contributed by atoms with Crippen LogP contribution < -0.4 is 4.72 Å². The molecule has 0 aliphatic carbocycles. The van der Waals surface area contributed by atoms with Crippen LogP contribution in [0, 0.1) is 10.1 Å². The normalized spacial score (nSPS) is 12.6. The lowest BCUT2D eigenvalue weighted by molar-refractivity contribution is -0.383. The third-order valence-corrected chi connectivity index (χ3v) is 6.06. The second-order valence-electron chi connectivity index (χ2n) is 4.61. The van der Waals surface area contributed by atoms with Crippen LogP contribution in [0.1, 0.15) is 6.92 Å². The molecule has 0 fully saturated rings. The van der Waals surface area contributed by atoms with Gasteiger partial charge in [0.25, 0.3) is 15.7 Å². The van der Waals surface area contributed by atoms with Gasteiger partial charge in [0.05, 0.1) is 16.2 Å². The van der Waals surface area contributed by atoms with Gasteiger partial charge in [0.1, 0.15) is 0 Å². The van der Waals surface area contributed by atoms with E-state index in [0.717, 1.165) is 0 Å². The van der Waals surface area contributed by atoms with Crippen molar-refractivity contribution in [2.75, 3.05) is 18.1 Å². The SMILES string of the molecule is CCS(=O)(=O)CCNS(=O)(=O)c1nc2c([N+](=O)[O-])cccc2[nH]1. The van der Waals surface area contributed by atoms with Gasteiger partial charge >= 0.3 is 0 Å². The third kappa shape index (κ3) is 3.83. The number of nitrogens with zero attached hydrogens (tertiary/aromatic N) is 2. The van der Waals surface area contributed by atoms with Gasteiger partial charge < -0.3 is 4.98 Å². The summed E-state index contributed by atoms with van der Waals surface area (Å²) in [6, 6.07) is 4.06. The Morgan fingerprint density at radius 1 is 1.30 bits per heavy atom. The molecule has 2 rings (SSSR count). The van der Waals surface area contributed by atoms with E-state index in [-0.39, 0.29) is 34.8 Å². The Hall–Kier alpha value is -2.05. The minimum atomic E-state index is -4.10. The van der Waals surface area contributed by atoms with Crippen molar-refractivity contribution in [2.45, 2.75) is 12.1 Å². The number of non-ortho nitro benzene ring substituents is 1. The molecule has 0 saturated heterocycles. The molecule has 12 heteroatoms. The van der Waals surface area contributed by atoms with Crippen molar-refractivity contribution in [1.29, 1.82) is 0 Å². The van der Waals surface area contributed by atoms with Gasteiger partial charge in [-0.3, -0.25) is 10.1 Å². The van der Waals surface area contributed by atoms with Gasteiger partial charge in [-0.05, 0) is 6.07 Å². The van der Waals surface area contributed by atoms with Crippen LogP contribution in [0.3, 0.4) is 0 Å². The summed E-state index contributed by atoms with van der Waals surface area (Å²) in [6.45, 7) is 1.15. The zero-order valence-corrected chi connectivity index (χ0v) is 13.6. The third-order valence-electron chi connectivity index (χ3n) is 3.07. The van der Waals surface area contributed by atoms with Gasteiger partial charge in [0, 0.05) is 18.4 Å². The first kappa shape index (κ1) is 17.3. The molecule has 0 aliphatic heterocycles. The summed E-state index contributed by atoms with van der Waals surface area (Å²) in [5.74, 6) is -0.436. The maximum atomic E-state index is 12.1. The van der Waals surface area contributed by atoms with Crippen LogP contribution in [-0.2, 0) is 19.9 Å². The van der Waals surface area contributed by atoms with Crippen LogP contribution >= 0.6 is 0 Å². The van der Waals surface area contributed by atoms with E-state index in [1.807, 2.05) is 0 Å². The number of sulfonamides is 1. The zero-order valence-electron chi connectivity index (χ0n) is 12.0. The molecule has 0 bridgehead atoms. The maximum Gasteiger partial charge on any atom is 0.297 e. The number of benzene rings is 1. The second-order valence-corrected chi connectivity index (χ2v) is 8.76. The Kier molecular flexibility index (Phi) is 4.68. The Balaban J connectivity index is 2.29. The molecule has 23 heavy (non-hydrogen) atoms. The maximum absolute atomic E-state index is 12.1. The first-order valence-corrected chi connectivity index (χ1v) is 9.80. The molecule has 0 aliphatic rings. The minimum absolute atomic E-state index is 0.0842. The van der Waals surface area contributed by atoms with Gasteiger partial charge in [-0.1, -0.05) is 13.0 Å². The Morgan fingerprint density at radius 3 is 2.61 bits per heavy atom. The number of nitro benzene ring substituents is 1. The van der Waals surface area contributed by atoms with E-state index < -0.39 is 29.9 Å². The van der Waals surface area contributed by atoms with Crippen molar-refractivity contribution in [2.24, 2.45) is 0 Å². The summed E-state index contributed by atoms with van der Waals surface area (Å²) >= 11 is 0. The van der Waals surface area contributed by atoms with E-state index in [0.29, 0.717) is 0 Å². The van der Waals surface area contributed by atoms with Crippen LogP contribution in [0.4, 0.5) is 5.69 Å². The van der Waals surface area contributed by atoms with Gasteiger partial charge in [-0.15, -0.1) is 0 Å². The molecule has 126 valence electrons. The number of hydrogen-bond acceptors (Lipinski definition) is 7. The van der Waals surface area contributed by atoms with Crippen molar-refractivity contribution in [3.05, 3.63) is 28.3 Å². The molecule has 0 amide bonds. The predicted molar refractivity (Wildman–Crippen MR) is 82.3 cm³/mol. The van der Waals surface area contributed by atoms with Crippen molar-refractivity contribution in [3.63, 3.8) is 0 Å². The topological polar surface area (TPSA) is 152 Å². The summed E-state index contributed by atoms with van der Waals surface area (Å²) in [4.78, 5) is 16.5. The van der Waals surface area contributed by atoms with Crippen molar-refractivity contribution in [3.8, 4) is 0 Å². The number of aromatic amines is 1. The average Bonchev–Trinajstić information content (AvgIpc) is 2.91. The van der Waals surface area contributed by atoms with E-state index in [2.05, 4.69) is 14.7 Å².